The SMILES string of the molecule is Cc1ccc(C(C)C)cc1-c1ccc(NC2CC2)nn1. The van der Waals surface area contributed by atoms with E-state index in [-0.39, 0.29) is 0 Å². The maximum atomic E-state index is 4.38. The van der Waals surface area contributed by atoms with Crippen LogP contribution in [-0.4, -0.2) is 16.2 Å². The Hall–Kier alpha value is -1.90. The molecule has 0 unspecified atom stereocenters. The van der Waals surface area contributed by atoms with Crippen LogP contribution in [-0.2, 0) is 0 Å². The molecule has 0 saturated heterocycles. The minimum Gasteiger partial charge on any atom is -0.366 e. The molecule has 0 aliphatic heterocycles. The average Bonchev–Trinajstić information content (AvgIpc) is 3.24. The van der Waals surface area contributed by atoms with E-state index >= 15 is 0 Å². The van der Waals surface area contributed by atoms with Crippen LogP contribution in [0.25, 0.3) is 11.3 Å². The lowest BCUT2D eigenvalue weighted by Gasteiger charge is -2.11. The maximum Gasteiger partial charge on any atom is 0.148 e. The van der Waals surface area contributed by atoms with Crippen LogP contribution in [0.5, 0.6) is 0 Å². The molecule has 0 bridgehead atoms. The molecule has 1 N–H and O–H groups in total. The van der Waals surface area contributed by atoms with Crippen LogP contribution in [0.15, 0.2) is 30.3 Å². The lowest BCUT2D eigenvalue weighted by molar-refractivity contribution is 0.866. The van der Waals surface area contributed by atoms with Gasteiger partial charge < -0.3 is 5.32 Å². The highest BCUT2D eigenvalue weighted by atomic mass is 15.2. The van der Waals surface area contributed by atoms with E-state index < -0.39 is 0 Å². The third kappa shape index (κ3) is 2.82. The van der Waals surface area contributed by atoms with E-state index in [0.717, 1.165) is 11.5 Å². The monoisotopic (exact) mass is 267 g/mol. The summed E-state index contributed by atoms with van der Waals surface area (Å²) in [7, 11) is 0. The molecule has 0 amide bonds. The molecule has 1 aliphatic rings. The first kappa shape index (κ1) is 13.1. The Morgan fingerprint density at radius 2 is 1.90 bits per heavy atom. The van der Waals surface area contributed by atoms with Gasteiger partial charge >= 0.3 is 0 Å². The number of benzene rings is 1. The van der Waals surface area contributed by atoms with Crippen molar-refractivity contribution in [3.05, 3.63) is 41.5 Å². The second kappa shape index (κ2) is 5.23. The van der Waals surface area contributed by atoms with Crippen LogP contribution in [0.4, 0.5) is 5.82 Å². The van der Waals surface area contributed by atoms with E-state index in [9.17, 15) is 0 Å². The van der Waals surface area contributed by atoms with Crippen molar-refractivity contribution in [3.8, 4) is 11.3 Å². The molecule has 1 aromatic carbocycles. The third-order valence-electron chi connectivity index (χ3n) is 3.80. The van der Waals surface area contributed by atoms with Crippen LogP contribution < -0.4 is 5.32 Å². The first-order chi connectivity index (χ1) is 9.63. The molecule has 1 heterocycles. The molecule has 0 radical (unpaired) electrons. The summed E-state index contributed by atoms with van der Waals surface area (Å²) in [5.41, 5.74) is 4.72. The van der Waals surface area contributed by atoms with Crippen molar-refractivity contribution in [3.63, 3.8) is 0 Å². The van der Waals surface area contributed by atoms with Gasteiger partial charge in [-0.15, -0.1) is 10.2 Å². The van der Waals surface area contributed by atoms with Crippen LogP contribution in [0.3, 0.4) is 0 Å². The Kier molecular flexibility index (Phi) is 3.43. The zero-order valence-corrected chi connectivity index (χ0v) is 12.4. The van der Waals surface area contributed by atoms with Gasteiger partial charge in [0.05, 0.1) is 5.69 Å². The van der Waals surface area contributed by atoms with Gasteiger partial charge in [-0.3, -0.25) is 0 Å². The van der Waals surface area contributed by atoms with Gasteiger partial charge in [-0.05, 0) is 55.0 Å². The number of hydrogen-bond donors (Lipinski definition) is 1. The minimum atomic E-state index is 0.526. The molecule has 3 heteroatoms. The molecule has 3 nitrogen and oxygen atoms in total. The van der Waals surface area contributed by atoms with E-state index in [2.05, 4.69) is 60.6 Å². The largest absolute Gasteiger partial charge is 0.366 e. The molecule has 2 aromatic rings. The fraction of sp³-hybridized carbons (Fsp3) is 0.412. The topological polar surface area (TPSA) is 37.8 Å². The lowest BCUT2D eigenvalue weighted by Crippen LogP contribution is -2.04. The molecule has 0 atom stereocenters. The number of nitrogens with one attached hydrogen (secondary N) is 1. The van der Waals surface area contributed by atoms with Crippen LogP contribution in [0, 0.1) is 6.92 Å². The summed E-state index contributed by atoms with van der Waals surface area (Å²) in [5.74, 6) is 1.41. The molecule has 104 valence electrons. The molecule has 20 heavy (non-hydrogen) atoms. The number of anilines is 1. The highest BCUT2D eigenvalue weighted by Crippen LogP contribution is 2.27. The summed E-state index contributed by atoms with van der Waals surface area (Å²) >= 11 is 0. The summed E-state index contributed by atoms with van der Waals surface area (Å²) < 4.78 is 0. The summed E-state index contributed by atoms with van der Waals surface area (Å²) in [4.78, 5) is 0. The normalized spacial score (nSPS) is 14.6. The van der Waals surface area contributed by atoms with Gasteiger partial charge in [-0.1, -0.05) is 26.0 Å². The van der Waals surface area contributed by atoms with Gasteiger partial charge in [0.15, 0.2) is 0 Å². The van der Waals surface area contributed by atoms with Gasteiger partial charge in [0.2, 0.25) is 0 Å². The number of aryl methyl sites for hydroxylation is 1. The first-order valence-corrected chi connectivity index (χ1v) is 7.34. The van der Waals surface area contributed by atoms with Crippen molar-refractivity contribution in [2.45, 2.75) is 45.6 Å². The first-order valence-electron chi connectivity index (χ1n) is 7.34. The maximum absolute atomic E-state index is 4.38. The predicted molar refractivity (Wildman–Crippen MR) is 82.9 cm³/mol. The number of hydrogen-bond acceptors (Lipinski definition) is 3. The zero-order chi connectivity index (χ0) is 14.1. The van der Waals surface area contributed by atoms with Crippen molar-refractivity contribution >= 4 is 5.82 Å². The van der Waals surface area contributed by atoms with Crippen LogP contribution in [0.2, 0.25) is 0 Å². The Bertz CT molecular complexity index is 598. The molecule has 1 fully saturated rings. The minimum absolute atomic E-state index is 0.526. The van der Waals surface area contributed by atoms with Crippen molar-refractivity contribution in [1.82, 2.24) is 10.2 Å². The number of rotatable bonds is 4. The molecule has 1 aliphatic carbocycles. The van der Waals surface area contributed by atoms with Gasteiger partial charge in [-0.2, -0.15) is 0 Å². The van der Waals surface area contributed by atoms with Crippen molar-refractivity contribution < 1.29 is 0 Å². The Balaban J connectivity index is 1.89. The van der Waals surface area contributed by atoms with Crippen LogP contribution >= 0.6 is 0 Å². The van der Waals surface area contributed by atoms with Gasteiger partial charge in [0.1, 0.15) is 5.82 Å². The molecular weight excluding hydrogens is 246 g/mol. The van der Waals surface area contributed by atoms with E-state index in [0.29, 0.717) is 12.0 Å². The highest BCUT2D eigenvalue weighted by Gasteiger charge is 2.21. The van der Waals surface area contributed by atoms with E-state index in [4.69, 9.17) is 0 Å². The molecule has 0 spiro atoms. The summed E-state index contributed by atoms with van der Waals surface area (Å²) in [6.07, 6.45) is 2.50. The second-order valence-corrected chi connectivity index (χ2v) is 5.95. The molecular formula is C17H21N3. The summed E-state index contributed by atoms with van der Waals surface area (Å²) in [6.45, 7) is 6.54. The molecule has 3 rings (SSSR count). The zero-order valence-electron chi connectivity index (χ0n) is 12.4. The Morgan fingerprint density at radius 1 is 1.10 bits per heavy atom. The van der Waals surface area contributed by atoms with Gasteiger partial charge in [0, 0.05) is 11.6 Å². The second-order valence-electron chi connectivity index (χ2n) is 5.95. The van der Waals surface area contributed by atoms with Crippen molar-refractivity contribution in [2.24, 2.45) is 0 Å². The van der Waals surface area contributed by atoms with E-state index in [1.54, 1.807) is 0 Å². The fourth-order valence-electron chi connectivity index (χ4n) is 2.26. The Labute approximate surface area is 120 Å². The van der Waals surface area contributed by atoms with Gasteiger partial charge in [-0.25, -0.2) is 0 Å². The third-order valence-corrected chi connectivity index (χ3v) is 3.80. The predicted octanol–water partition coefficient (Wildman–Crippen LogP) is 4.15. The van der Waals surface area contributed by atoms with E-state index in [1.807, 2.05) is 6.07 Å². The molecule has 1 aromatic heterocycles. The number of nitrogens with zero attached hydrogens (tertiary/aromatic N) is 2. The average molecular weight is 267 g/mol. The Morgan fingerprint density at radius 3 is 2.50 bits per heavy atom. The van der Waals surface area contributed by atoms with Crippen molar-refractivity contribution in [2.75, 3.05) is 5.32 Å². The lowest BCUT2D eigenvalue weighted by atomic mass is 9.96. The van der Waals surface area contributed by atoms with Crippen molar-refractivity contribution in [1.29, 1.82) is 0 Å². The fourth-order valence-corrected chi connectivity index (χ4v) is 2.26. The quantitative estimate of drug-likeness (QED) is 0.904. The summed E-state index contributed by atoms with van der Waals surface area (Å²) in [5, 5.41) is 12.0. The van der Waals surface area contributed by atoms with Crippen LogP contribution in [0.1, 0.15) is 43.7 Å². The van der Waals surface area contributed by atoms with E-state index in [1.165, 1.54) is 29.5 Å². The summed E-state index contributed by atoms with van der Waals surface area (Å²) in [6, 6.07) is 11.3. The number of aromatic nitrogens is 2. The highest BCUT2D eigenvalue weighted by molar-refractivity contribution is 5.65. The van der Waals surface area contributed by atoms with Gasteiger partial charge in [0.25, 0.3) is 0 Å². The standard InChI is InChI=1S/C17H21N3/c1-11(2)13-5-4-12(3)15(10-13)16-8-9-17(20-19-16)18-14-6-7-14/h4-5,8-11,14H,6-7H2,1-3H3,(H,18,20). The molecule has 1 saturated carbocycles. The smallest absolute Gasteiger partial charge is 0.148 e.